The number of hydrogen-bond donors (Lipinski definition) is 1. The second kappa shape index (κ2) is 5.66. The number of ether oxygens (including phenoxy) is 2. The van der Waals surface area contributed by atoms with Gasteiger partial charge in [-0.05, 0) is 12.1 Å². The summed E-state index contributed by atoms with van der Waals surface area (Å²) in [6, 6.07) is 1.52. The minimum atomic E-state index is -0.550. The number of nitrogens with zero attached hydrogens (tertiary/aromatic N) is 2. The highest BCUT2D eigenvalue weighted by Crippen LogP contribution is 2.19. The van der Waals surface area contributed by atoms with Crippen LogP contribution >= 0.6 is 0 Å². The molecule has 102 valence electrons. The first kappa shape index (κ1) is 13.3. The van der Waals surface area contributed by atoms with Crippen LogP contribution in [0, 0.1) is 0 Å². The zero-order valence-electron chi connectivity index (χ0n) is 10.5. The normalized spacial score (nSPS) is 21.5. The van der Waals surface area contributed by atoms with Gasteiger partial charge in [-0.3, -0.25) is 9.36 Å². The van der Waals surface area contributed by atoms with Crippen molar-refractivity contribution in [3.05, 3.63) is 34.9 Å². The number of rotatable bonds is 4. The van der Waals surface area contributed by atoms with E-state index >= 15 is 0 Å². The van der Waals surface area contributed by atoms with Crippen LogP contribution in [0.25, 0.3) is 0 Å². The van der Waals surface area contributed by atoms with Crippen LogP contribution in [-0.4, -0.2) is 28.2 Å². The van der Waals surface area contributed by atoms with Crippen LogP contribution in [0.5, 0.6) is 0 Å². The summed E-state index contributed by atoms with van der Waals surface area (Å²) in [5.41, 5.74) is 4.92. The lowest BCUT2D eigenvalue weighted by Crippen LogP contribution is -2.28. The zero-order chi connectivity index (χ0) is 13.8. The lowest BCUT2D eigenvalue weighted by Gasteiger charge is -2.15. The second-order valence-corrected chi connectivity index (χ2v) is 4.03. The van der Waals surface area contributed by atoms with Crippen molar-refractivity contribution in [2.45, 2.75) is 25.7 Å². The molecule has 1 aromatic rings. The van der Waals surface area contributed by atoms with E-state index < -0.39 is 11.9 Å². The van der Waals surface area contributed by atoms with Crippen LogP contribution in [0.3, 0.4) is 0 Å². The van der Waals surface area contributed by atoms with E-state index in [-0.39, 0.29) is 24.5 Å². The van der Waals surface area contributed by atoms with Crippen LogP contribution in [0.15, 0.2) is 29.2 Å². The van der Waals surface area contributed by atoms with Gasteiger partial charge in [0.1, 0.15) is 18.5 Å². The lowest BCUT2D eigenvalue weighted by molar-refractivity contribution is -0.147. The molecule has 0 saturated heterocycles. The van der Waals surface area contributed by atoms with Crippen LogP contribution in [0.2, 0.25) is 0 Å². The Hall–Kier alpha value is -2.15. The minimum Gasteiger partial charge on any atom is -0.463 e. The van der Waals surface area contributed by atoms with Crippen molar-refractivity contribution in [3.63, 3.8) is 0 Å². The molecule has 7 nitrogen and oxygen atoms in total. The van der Waals surface area contributed by atoms with Gasteiger partial charge < -0.3 is 15.2 Å². The average molecular weight is 265 g/mol. The molecule has 19 heavy (non-hydrogen) atoms. The number of hydrogen-bond acceptors (Lipinski definition) is 6. The van der Waals surface area contributed by atoms with E-state index in [4.69, 9.17) is 15.2 Å². The van der Waals surface area contributed by atoms with Crippen molar-refractivity contribution in [1.29, 1.82) is 0 Å². The van der Waals surface area contributed by atoms with Crippen LogP contribution in [0.4, 0.5) is 5.82 Å². The van der Waals surface area contributed by atoms with Crippen LogP contribution < -0.4 is 11.4 Å². The quantitative estimate of drug-likeness (QED) is 0.618. The molecule has 0 bridgehead atoms. The summed E-state index contributed by atoms with van der Waals surface area (Å²) in [7, 11) is 0. The number of esters is 1. The number of aromatic nitrogens is 2. The topological polar surface area (TPSA) is 96.4 Å². The first-order valence-electron chi connectivity index (χ1n) is 5.94. The van der Waals surface area contributed by atoms with Crippen molar-refractivity contribution in [3.8, 4) is 0 Å². The molecule has 0 unspecified atom stereocenters. The molecule has 1 aliphatic heterocycles. The van der Waals surface area contributed by atoms with Gasteiger partial charge in [0.05, 0.1) is 0 Å². The molecule has 0 radical (unpaired) electrons. The molecule has 2 N–H and O–H groups in total. The first-order chi connectivity index (χ1) is 9.10. The highest BCUT2D eigenvalue weighted by Gasteiger charge is 2.22. The van der Waals surface area contributed by atoms with E-state index in [1.54, 1.807) is 19.1 Å². The van der Waals surface area contributed by atoms with E-state index in [0.29, 0.717) is 6.42 Å². The maximum atomic E-state index is 11.6. The number of carbonyl (C=O) groups excluding carboxylic acids is 1. The van der Waals surface area contributed by atoms with Crippen molar-refractivity contribution in [2.75, 3.05) is 12.3 Å². The van der Waals surface area contributed by atoms with Crippen LogP contribution in [0.1, 0.15) is 19.6 Å². The van der Waals surface area contributed by atoms with Gasteiger partial charge in [-0.25, -0.2) is 4.79 Å². The highest BCUT2D eigenvalue weighted by atomic mass is 16.6. The van der Waals surface area contributed by atoms with Crippen molar-refractivity contribution in [1.82, 2.24) is 9.55 Å². The molecule has 0 fully saturated rings. The zero-order valence-corrected chi connectivity index (χ0v) is 10.5. The fourth-order valence-electron chi connectivity index (χ4n) is 1.64. The van der Waals surface area contributed by atoms with Crippen LogP contribution in [-0.2, 0) is 14.3 Å². The molecular formula is C12H15N3O4. The van der Waals surface area contributed by atoms with Gasteiger partial charge in [0.2, 0.25) is 0 Å². The fourth-order valence-corrected chi connectivity index (χ4v) is 1.64. The number of anilines is 1. The highest BCUT2D eigenvalue weighted by molar-refractivity contribution is 5.68. The third-order valence-corrected chi connectivity index (χ3v) is 2.63. The van der Waals surface area contributed by atoms with Gasteiger partial charge in [0.15, 0.2) is 6.23 Å². The largest absolute Gasteiger partial charge is 0.463 e. The molecule has 0 aliphatic carbocycles. The number of nitrogens with two attached hydrogens (primary N) is 1. The third kappa shape index (κ3) is 3.19. The third-order valence-electron chi connectivity index (χ3n) is 2.63. The van der Waals surface area contributed by atoms with E-state index in [1.807, 2.05) is 0 Å². The smallest absolute Gasteiger partial charge is 0.351 e. The molecule has 0 saturated carbocycles. The Bertz CT molecular complexity index is 552. The molecule has 1 aromatic heterocycles. The molecule has 0 amide bonds. The van der Waals surface area contributed by atoms with Crippen molar-refractivity contribution >= 4 is 11.8 Å². The summed E-state index contributed by atoms with van der Waals surface area (Å²) in [6.45, 7) is 1.85. The maximum Gasteiger partial charge on any atom is 0.351 e. The van der Waals surface area contributed by atoms with E-state index in [1.165, 1.54) is 16.8 Å². The summed E-state index contributed by atoms with van der Waals surface area (Å²) in [4.78, 5) is 26.3. The molecule has 1 aliphatic rings. The molecule has 0 spiro atoms. The predicted molar refractivity (Wildman–Crippen MR) is 67.2 cm³/mol. The van der Waals surface area contributed by atoms with Crippen molar-refractivity contribution < 1.29 is 14.3 Å². The SMILES string of the molecule is CCC(=O)OC[C@@H]1C=C[C@H](n2ccc(N)nc2=O)O1. The van der Waals surface area contributed by atoms with E-state index in [0.717, 1.165) is 0 Å². The van der Waals surface area contributed by atoms with E-state index in [2.05, 4.69) is 4.98 Å². The molecule has 7 heteroatoms. The van der Waals surface area contributed by atoms with Gasteiger partial charge in [-0.1, -0.05) is 13.0 Å². The number of nitrogen functional groups attached to an aromatic ring is 1. The number of carbonyl (C=O) groups is 1. The standard InChI is InChI=1S/C12H15N3O4/c1-2-11(16)18-7-8-3-4-10(19-8)15-6-5-9(13)14-12(15)17/h3-6,8,10H,2,7H2,1H3,(H2,13,14,17)/t8-,10+/m0/s1. The summed E-state index contributed by atoms with van der Waals surface area (Å²) in [5, 5.41) is 0. The minimum absolute atomic E-state index is 0.136. The lowest BCUT2D eigenvalue weighted by atomic mass is 10.3. The Morgan fingerprint density at radius 3 is 3.05 bits per heavy atom. The Kier molecular flexibility index (Phi) is 3.96. The van der Waals surface area contributed by atoms with Gasteiger partial charge in [-0.15, -0.1) is 0 Å². The summed E-state index contributed by atoms with van der Waals surface area (Å²) in [6.07, 6.45) is 4.39. The molecule has 2 heterocycles. The average Bonchev–Trinajstić information content (AvgIpc) is 2.84. The Labute approximate surface area is 109 Å². The second-order valence-electron chi connectivity index (χ2n) is 4.03. The molecule has 2 rings (SSSR count). The Morgan fingerprint density at radius 2 is 2.37 bits per heavy atom. The summed E-state index contributed by atoms with van der Waals surface area (Å²) in [5.74, 6) is -0.122. The summed E-state index contributed by atoms with van der Waals surface area (Å²) >= 11 is 0. The van der Waals surface area contributed by atoms with Gasteiger partial charge in [0.25, 0.3) is 0 Å². The Morgan fingerprint density at radius 1 is 1.58 bits per heavy atom. The van der Waals surface area contributed by atoms with E-state index in [9.17, 15) is 9.59 Å². The van der Waals surface area contributed by atoms with Crippen molar-refractivity contribution in [2.24, 2.45) is 0 Å². The van der Waals surface area contributed by atoms with Gasteiger partial charge in [-0.2, -0.15) is 4.98 Å². The summed E-state index contributed by atoms with van der Waals surface area (Å²) < 4.78 is 11.8. The molecule has 0 aromatic carbocycles. The predicted octanol–water partition coefficient (Wildman–Crippen LogP) is 0.232. The Balaban J connectivity index is 1.97. The monoisotopic (exact) mass is 265 g/mol. The molecular weight excluding hydrogens is 250 g/mol. The first-order valence-corrected chi connectivity index (χ1v) is 5.94. The molecule has 2 atom stereocenters. The maximum absolute atomic E-state index is 11.6. The van der Waals surface area contributed by atoms with Gasteiger partial charge in [0, 0.05) is 12.6 Å². The van der Waals surface area contributed by atoms with Gasteiger partial charge >= 0.3 is 11.7 Å². The fraction of sp³-hybridized carbons (Fsp3) is 0.417.